The van der Waals surface area contributed by atoms with E-state index in [2.05, 4.69) is 6.92 Å². The van der Waals surface area contributed by atoms with E-state index in [9.17, 15) is 0 Å². The molecule has 4 atom stereocenters. The lowest BCUT2D eigenvalue weighted by Crippen LogP contribution is -2.48. The van der Waals surface area contributed by atoms with Gasteiger partial charge in [0.1, 0.15) is 0 Å². The monoisotopic (exact) mass is 213 g/mol. The van der Waals surface area contributed by atoms with Gasteiger partial charge in [0.05, 0.1) is 25.9 Å². The summed E-state index contributed by atoms with van der Waals surface area (Å²) in [6.45, 7) is 4.45. The van der Waals surface area contributed by atoms with Crippen LogP contribution in [0.25, 0.3) is 0 Å². The molecular weight excluding hydrogens is 190 g/mol. The van der Waals surface area contributed by atoms with Crippen LogP contribution in [0.2, 0.25) is 0 Å². The number of hydrogen-bond donors (Lipinski definition) is 1. The van der Waals surface area contributed by atoms with E-state index in [1.165, 1.54) is 25.7 Å². The molecular formula is C12H23NO2. The van der Waals surface area contributed by atoms with Crippen LogP contribution in [0.5, 0.6) is 0 Å². The maximum absolute atomic E-state index is 6.28. The Bertz CT molecular complexity index is 192. The molecule has 0 aromatic carbocycles. The Balaban J connectivity index is 1.85. The van der Waals surface area contributed by atoms with Gasteiger partial charge in [-0.1, -0.05) is 19.8 Å². The number of hydrogen-bond acceptors (Lipinski definition) is 3. The summed E-state index contributed by atoms with van der Waals surface area (Å²) in [7, 11) is 0. The number of rotatable bonds is 2. The second-order valence-corrected chi connectivity index (χ2v) is 5.09. The molecule has 0 aromatic heterocycles. The van der Waals surface area contributed by atoms with Crippen LogP contribution in [0.15, 0.2) is 0 Å². The van der Waals surface area contributed by atoms with Gasteiger partial charge in [0, 0.05) is 6.04 Å². The van der Waals surface area contributed by atoms with Crippen LogP contribution >= 0.6 is 0 Å². The lowest BCUT2D eigenvalue weighted by molar-refractivity contribution is -0.106. The Kier molecular flexibility index (Phi) is 4.00. The highest BCUT2D eigenvalue weighted by Crippen LogP contribution is 2.31. The largest absolute Gasteiger partial charge is 0.376 e. The molecule has 3 heteroatoms. The molecule has 1 saturated carbocycles. The van der Waals surface area contributed by atoms with Crippen molar-refractivity contribution >= 4 is 0 Å². The molecule has 1 heterocycles. The minimum absolute atomic E-state index is 0.133. The second kappa shape index (κ2) is 5.28. The molecule has 88 valence electrons. The minimum atomic E-state index is 0.133. The topological polar surface area (TPSA) is 44.5 Å². The smallest absolute Gasteiger partial charge is 0.0962 e. The summed E-state index contributed by atoms with van der Waals surface area (Å²) in [6, 6.07) is 0.174. The zero-order valence-electron chi connectivity index (χ0n) is 9.65. The maximum atomic E-state index is 6.28. The number of nitrogens with two attached hydrogens (primary N) is 1. The van der Waals surface area contributed by atoms with Crippen LogP contribution < -0.4 is 5.73 Å². The maximum Gasteiger partial charge on any atom is 0.0962 e. The number of ether oxygens (including phenoxy) is 2. The third-order valence-corrected chi connectivity index (χ3v) is 3.79. The third kappa shape index (κ3) is 2.92. The average Bonchev–Trinajstić information content (AvgIpc) is 2.29. The van der Waals surface area contributed by atoms with Crippen molar-refractivity contribution in [1.82, 2.24) is 0 Å². The van der Waals surface area contributed by atoms with E-state index in [0.29, 0.717) is 19.1 Å². The predicted octanol–water partition coefficient (Wildman–Crippen LogP) is 1.56. The first-order valence-corrected chi connectivity index (χ1v) is 6.22. The van der Waals surface area contributed by atoms with Crippen molar-refractivity contribution in [2.45, 2.75) is 44.8 Å². The van der Waals surface area contributed by atoms with E-state index < -0.39 is 0 Å². The molecule has 2 rings (SSSR count). The van der Waals surface area contributed by atoms with Gasteiger partial charge in [-0.3, -0.25) is 0 Å². The quantitative estimate of drug-likeness (QED) is 0.757. The molecule has 0 radical (unpaired) electrons. The third-order valence-electron chi connectivity index (χ3n) is 3.79. The van der Waals surface area contributed by atoms with Gasteiger partial charge in [0.2, 0.25) is 0 Å². The molecule has 2 aliphatic rings. The molecule has 4 unspecified atom stereocenters. The van der Waals surface area contributed by atoms with Crippen molar-refractivity contribution in [2.24, 2.45) is 17.6 Å². The van der Waals surface area contributed by atoms with Gasteiger partial charge in [-0.05, 0) is 24.7 Å². The van der Waals surface area contributed by atoms with E-state index in [1.54, 1.807) is 0 Å². The molecule has 1 aliphatic heterocycles. The molecule has 0 aromatic rings. The Morgan fingerprint density at radius 2 is 2.13 bits per heavy atom. The van der Waals surface area contributed by atoms with Crippen molar-refractivity contribution in [1.29, 1.82) is 0 Å². The molecule has 3 nitrogen and oxygen atoms in total. The fraction of sp³-hybridized carbons (Fsp3) is 1.00. The lowest BCUT2D eigenvalue weighted by Gasteiger charge is -2.36. The molecule has 2 fully saturated rings. The van der Waals surface area contributed by atoms with Crippen LogP contribution in [0, 0.1) is 11.8 Å². The summed E-state index contributed by atoms with van der Waals surface area (Å²) in [4.78, 5) is 0. The van der Waals surface area contributed by atoms with E-state index >= 15 is 0 Å². The first-order chi connectivity index (χ1) is 7.27. The molecule has 0 amide bonds. The highest BCUT2D eigenvalue weighted by Gasteiger charge is 2.31. The summed E-state index contributed by atoms with van der Waals surface area (Å²) in [5.41, 5.74) is 6.28. The Labute approximate surface area is 92.3 Å². The molecule has 15 heavy (non-hydrogen) atoms. The SMILES string of the molecule is CC1CCCC(C(N)C2COCCO2)C1. The van der Waals surface area contributed by atoms with Gasteiger partial charge in [-0.15, -0.1) is 0 Å². The van der Waals surface area contributed by atoms with Crippen molar-refractivity contribution < 1.29 is 9.47 Å². The summed E-state index contributed by atoms with van der Waals surface area (Å²) in [5, 5.41) is 0. The van der Waals surface area contributed by atoms with Gasteiger partial charge >= 0.3 is 0 Å². The second-order valence-electron chi connectivity index (χ2n) is 5.09. The highest BCUT2D eigenvalue weighted by atomic mass is 16.6. The van der Waals surface area contributed by atoms with E-state index in [-0.39, 0.29) is 12.1 Å². The summed E-state index contributed by atoms with van der Waals surface area (Å²) >= 11 is 0. The molecule has 2 N–H and O–H groups in total. The normalized spacial score (nSPS) is 40.0. The Morgan fingerprint density at radius 3 is 2.80 bits per heavy atom. The lowest BCUT2D eigenvalue weighted by atomic mass is 9.77. The summed E-state index contributed by atoms with van der Waals surface area (Å²) in [6.07, 6.45) is 5.36. The Morgan fingerprint density at radius 1 is 1.27 bits per heavy atom. The van der Waals surface area contributed by atoms with Crippen molar-refractivity contribution in [3.05, 3.63) is 0 Å². The standard InChI is InChI=1S/C12H23NO2/c1-9-3-2-4-10(7-9)12(13)11-8-14-5-6-15-11/h9-12H,2-8,13H2,1H3. The van der Waals surface area contributed by atoms with Gasteiger partial charge < -0.3 is 15.2 Å². The predicted molar refractivity (Wildman–Crippen MR) is 59.7 cm³/mol. The Hall–Kier alpha value is -0.120. The summed E-state index contributed by atoms with van der Waals surface area (Å²) < 4.78 is 11.1. The van der Waals surface area contributed by atoms with E-state index in [0.717, 1.165) is 12.5 Å². The minimum Gasteiger partial charge on any atom is -0.376 e. The van der Waals surface area contributed by atoms with E-state index in [4.69, 9.17) is 15.2 Å². The fourth-order valence-electron chi connectivity index (χ4n) is 2.86. The van der Waals surface area contributed by atoms with Crippen LogP contribution in [0.3, 0.4) is 0 Å². The van der Waals surface area contributed by atoms with E-state index in [1.807, 2.05) is 0 Å². The van der Waals surface area contributed by atoms with Crippen LogP contribution in [-0.4, -0.2) is 32.0 Å². The van der Waals surface area contributed by atoms with Crippen molar-refractivity contribution in [3.63, 3.8) is 0 Å². The van der Waals surface area contributed by atoms with Gasteiger partial charge in [-0.25, -0.2) is 0 Å². The van der Waals surface area contributed by atoms with Gasteiger partial charge in [0.15, 0.2) is 0 Å². The van der Waals surface area contributed by atoms with Crippen molar-refractivity contribution in [3.8, 4) is 0 Å². The van der Waals surface area contributed by atoms with Gasteiger partial charge in [-0.2, -0.15) is 0 Å². The fourth-order valence-corrected chi connectivity index (χ4v) is 2.86. The van der Waals surface area contributed by atoms with Gasteiger partial charge in [0.25, 0.3) is 0 Å². The highest BCUT2D eigenvalue weighted by molar-refractivity contribution is 4.85. The molecule has 0 bridgehead atoms. The van der Waals surface area contributed by atoms with Crippen LogP contribution in [0.4, 0.5) is 0 Å². The average molecular weight is 213 g/mol. The van der Waals surface area contributed by atoms with Crippen LogP contribution in [0.1, 0.15) is 32.6 Å². The molecule has 1 aliphatic carbocycles. The van der Waals surface area contributed by atoms with Crippen LogP contribution in [-0.2, 0) is 9.47 Å². The molecule has 1 saturated heterocycles. The zero-order chi connectivity index (χ0) is 10.7. The summed E-state index contributed by atoms with van der Waals surface area (Å²) in [5.74, 6) is 1.47. The zero-order valence-corrected chi connectivity index (χ0v) is 9.65. The first-order valence-electron chi connectivity index (χ1n) is 6.22. The van der Waals surface area contributed by atoms with Crippen molar-refractivity contribution in [2.75, 3.05) is 19.8 Å². The molecule has 0 spiro atoms. The first kappa shape index (κ1) is 11.4.